The molecular formula is C21H36N2O. The van der Waals surface area contributed by atoms with Gasteiger partial charge in [-0.1, -0.05) is 51.1 Å². The first kappa shape index (κ1) is 17.9. The molecule has 24 heavy (non-hydrogen) atoms. The first-order valence-corrected chi connectivity index (χ1v) is 10.6. The average Bonchev–Trinajstić information content (AvgIpc) is 3.10. The van der Waals surface area contributed by atoms with Crippen LogP contribution < -0.4 is 0 Å². The molecule has 2 fully saturated rings. The van der Waals surface area contributed by atoms with E-state index in [1.54, 1.807) is 0 Å². The summed E-state index contributed by atoms with van der Waals surface area (Å²) in [4.78, 5) is 4.66. The van der Waals surface area contributed by atoms with Crippen molar-refractivity contribution in [2.24, 2.45) is 17.8 Å². The highest BCUT2D eigenvalue weighted by atomic mass is 16.5. The summed E-state index contributed by atoms with van der Waals surface area (Å²) in [5.74, 6) is 5.40. The Hall–Kier alpha value is -0.860. The SMILES string of the molecule is CCCCc1nc(C2CCC(C3CCC(CCC)CC3)CC2)no1. The maximum Gasteiger partial charge on any atom is 0.226 e. The molecule has 0 radical (unpaired) electrons. The smallest absolute Gasteiger partial charge is 0.226 e. The van der Waals surface area contributed by atoms with Gasteiger partial charge in [0.2, 0.25) is 5.89 Å². The van der Waals surface area contributed by atoms with Crippen molar-refractivity contribution in [3.05, 3.63) is 11.7 Å². The molecule has 3 heteroatoms. The summed E-state index contributed by atoms with van der Waals surface area (Å²) in [5, 5.41) is 4.27. The Balaban J connectivity index is 1.43. The lowest BCUT2D eigenvalue weighted by atomic mass is 9.68. The average molecular weight is 333 g/mol. The predicted octanol–water partition coefficient (Wildman–Crippen LogP) is 6.29. The van der Waals surface area contributed by atoms with Gasteiger partial charge in [0.1, 0.15) is 0 Å². The van der Waals surface area contributed by atoms with Crippen LogP contribution in [0, 0.1) is 17.8 Å². The Morgan fingerprint density at radius 1 is 0.875 bits per heavy atom. The molecule has 3 rings (SSSR count). The van der Waals surface area contributed by atoms with E-state index in [0.29, 0.717) is 5.92 Å². The third kappa shape index (κ3) is 4.61. The van der Waals surface area contributed by atoms with Gasteiger partial charge in [0.25, 0.3) is 0 Å². The number of unbranched alkanes of at least 4 members (excludes halogenated alkanes) is 1. The second kappa shape index (κ2) is 9.01. The Morgan fingerprint density at radius 2 is 1.54 bits per heavy atom. The van der Waals surface area contributed by atoms with Crippen molar-refractivity contribution < 1.29 is 4.52 Å². The van der Waals surface area contributed by atoms with Gasteiger partial charge in [-0.3, -0.25) is 0 Å². The zero-order chi connectivity index (χ0) is 16.8. The van der Waals surface area contributed by atoms with Crippen LogP contribution in [0.2, 0.25) is 0 Å². The van der Waals surface area contributed by atoms with Gasteiger partial charge in [-0.2, -0.15) is 4.98 Å². The first-order chi connectivity index (χ1) is 11.8. The fourth-order valence-corrected chi connectivity index (χ4v) is 5.07. The van der Waals surface area contributed by atoms with Gasteiger partial charge in [0.15, 0.2) is 5.82 Å². The van der Waals surface area contributed by atoms with Crippen LogP contribution in [-0.2, 0) is 6.42 Å². The highest BCUT2D eigenvalue weighted by molar-refractivity contribution is 4.98. The van der Waals surface area contributed by atoms with E-state index in [4.69, 9.17) is 4.52 Å². The molecule has 0 amide bonds. The molecule has 0 saturated heterocycles. The third-order valence-electron chi connectivity index (χ3n) is 6.62. The Labute approximate surface area is 148 Å². The predicted molar refractivity (Wildman–Crippen MR) is 98.0 cm³/mol. The van der Waals surface area contributed by atoms with E-state index in [-0.39, 0.29) is 0 Å². The van der Waals surface area contributed by atoms with Gasteiger partial charge in [-0.25, -0.2) is 0 Å². The molecule has 0 aromatic carbocycles. The molecule has 0 bridgehead atoms. The second-order valence-corrected chi connectivity index (χ2v) is 8.33. The van der Waals surface area contributed by atoms with Gasteiger partial charge in [-0.15, -0.1) is 0 Å². The fourth-order valence-electron chi connectivity index (χ4n) is 5.07. The largest absolute Gasteiger partial charge is 0.339 e. The quantitative estimate of drug-likeness (QED) is 0.588. The summed E-state index contributed by atoms with van der Waals surface area (Å²) in [5.41, 5.74) is 0. The molecular weight excluding hydrogens is 296 g/mol. The molecule has 0 aliphatic heterocycles. The molecule has 1 aromatic rings. The highest BCUT2D eigenvalue weighted by Gasteiger charge is 2.32. The zero-order valence-corrected chi connectivity index (χ0v) is 15.8. The molecule has 0 N–H and O–H groups in total. The van der Waals surface area contributed by atoms with Crippen molar-refractivity contribution in [3.8, 4) is 0 Å². The Morgan fingerprint density at radius 3 is 2.17 bits per heavy atom. The standard InChI is InChI=1S/C21H36N2O/c1-3-5-7-20-22-21(23-24-20)19-14-12-18(13-15-19)17-10-8-16(6-4-2)9-11-17/h16-19H,3-15H2,1-2H3. The maximum absolute atomic E-state index is 5.44. The van der Waals surface area contributed by atoms with Crippen molar-refractivity contribution in [2.45, 2.75) is 103 Å². The molecule has 136 valence electrons. The second-order valence-electron chi connectivity index (χ2n) is 8.33. The van der Waals surface area contributed by atoms with Crippen LogP contribution in [0.1, 0.15) is 109 Å². The van der Waals surface area contributed by atoms with E-state index in [0.717, 1.165) is 42.3 Å². The lowest BCUT2D eigenvalue weighted by Gasteiger charge is -2.37. The molecule has 0 spiro atoms. The van der Waals surface area contributed by atoms with E-state index < -0.39 is 0 Å². The molecule has 0 unspecified atom stereocenters. The monoisotopic (exact) mass is 332 g/mol. The van der Waals surface area contributed by atoms with E-state index in [1.165, 1.54) is 70.6 Å². The lowest BCUT2D eigenvalue weighted by Crippen LogP contribution is -2.25. The highest BCUT2D eigenvalue weighted by Crippen LogP contribution is 2.44. The van der Waals surface area contributed by atoms with Gasteiger partial charge < -0.3 is 4.52 Å². The van der Waals surface area contributed by atoms with Crippen LogP contribution in [0.3, 0.4) is 0 Å². The van der Waals surface area contributed by atoms with E-state index in [2.05, 4.69) is 24.0 Å². The molecule has 0 atom stereocenters. The third-order valence-corrected chi connectivity index (χ3v) is 6.62. The van der Waals surface area contributed by atoms with Crippen LogP contribution in [0.25, 0.3) is 0 Å². The fraction of sp³-hybridized carbons (Fsp3) is 0.905. The summed E-state index contributed by atoms with van der Waals surface area (Å²) < 4.78 is 5.44. The van der Waals surface area contributed by atoms with Gasteiger partial charge in [0.05, 0.1) is 0 Å². The Bertz CT molecular complexity index is 468. The van der Waals surface area contributed by atoms with E-state index in [9.17, 15) is 0 Å². The number of aromatic nitrogens is 2. The number of aryl methyl sites for hydroxylation is 1. The summed E-state index contributed by atoms with van der Waals surface area (Å²) in [6.07, 6.45) is 17.4. The number of rotatable bonds is 7. The van der Waals surface area contributed by atoms with Crippen molar-refractivity contribution in [1.29, 1.82) is 0 Å². The van der Waals surface area contributed by atoms with Crippen LogP contribution in [0.5, 0.6) is 0 Å². The number of hydrogen-bond acceptors (Lipinski definition) is 3. The Kier molecular flexibility index (Phi) is 6.74. The van der Waals surface area contributed by atoms with Crippen LogP contribution in [-0.4, -0.2) is 10.1 Å². The van der Waals surface area contributed by atoms with Crippen LogP contribution in [0.15, 0.2) is 4.52 Å². The minimum absolute atomic E-state index is 0.553. The maximum atomic E-state index is 5.44. The minimum Gasteiger partial charge on any atom is -0.339 e. The van der Waals surface area contributed by atoms with E-state index >= 15 is 0 Å². The van der Waals surface area contributed by atoms with Crippen molar-refractivity contribution in [3.63, 3.8) is 0 Å². The number of hydrogen-bond donors (Lipinski definition) is 0. The molecule has 3 nitrogen and oxygen atoms in total. The van der Waals surface area contributed by atoms with Crippen molar-refractivity contribution >= 4 is 0 Å². The van der Waals surface area contributed by atoms with Crippen LogP contribution >= 0.6 is 0 Å². The van der Waals surface area contributed by atoms with Gasteiger partial charge in [0, 0.05) is 12.3 Å². The molecule has 2 saturated carbocycles. The molecule has 2 aliphatic carbocycles. The van der Waals surface area contributed by atoms with Crippen molar-refractivity contribution in [1.82, 2.24) is 10.1 Å². The molecule has 2 aliphatic rings. The van der Waals surface area contributed by atoms with Crippen molar-refractivity contribution in [2.75, 3.05) is 0 Å². The van der Waals surface area contributed by atoms with E-state index in [1.807, 2.05) is 0 Å². The normalized spacial score (nSPS) is 31.2. The van der Waals surface area contributed by atoms with Crippen LogP contribution in [0.4, 0.5) is 0 Å². The topological polar surface area (TPSA) is 38.9 Å². The summed E-state index contributed by atoms with van der Waals surface area (Å²) in [7, 11) is 0. The summed E-state index contributed by atoms with van der Waals surface area (Å²) in [6.45, 7) is 4.53. The summed E-state index contributed by atoms with van der Waals surface area (Å²) >= 11 is 0. The summed E-state index contributed by atoms with van der Waals surface area (Å²) in [6, 6.07) is 0. The van der Waals surface area contributed by atoms with Gasteiger partial charge in [-0.05, 0) is 62.7 Å². The molecule has 1 heterocycles. The lowest BCUT2D eigenvalue weighted by molar-refractivity contribution is 0.155. The minimum atomic E-state index is 0.553. The first-order valence-electron chi connectivity index (χ1n) is 10.6. The van der Waals surface area contributed by atoms with Gasteiger partial charge >= 0.3 is 0 Å². The zero-order valence-electron chi connectivity index (χ0n) is 15.8. The number of nitrogens with zero attached hydrogens (tertiary/aromatic N) is 2. The molecule has 1 aromatic heterocycles.